The molecule has 1 aliphatic rings. The molecule has 6 nitrogen and oxygen atoms in total. The molecule has 28 heavy (non-hydrogen) atoms. The van der Waals surface area contributed by atoms with Gasteiger partial charge in [-0.3, -0.25) is 4.79 Å². The SMILES string of the molecule is CC(C)(C)c1ccccc1C(=O)C1(N)C=C(O)C=CC1N.O=C(O)C(F)(F)F. The number of carbonyl (C=O) groups excluding carboxylic acids is 1. The average Bonchev–Trinajstić information content (AvgIpc) is 2.56. The zero-order valence-electron chi connectivity index (χ0n) is 15.6. The molecule has 1 aliphatic carbocycles. The monoisotopic (exact) mass is 400 g/mol. The van der Waals surface area contributed by atoms with E-state index >= 15 is 0 Å². The molecule has 2 unspecified atom stereocenters. The minimum Gasteiger partial charge on any atom is -0.508 e. The second kappa shape index (κ2) is 8.15. The molecule has 0 heterocycles. The number of carboxylic acid groups (broad SMARTS) is 1. The Morgan fingerprint density at radius 2 is 1.64 bits per heavy atom. The van der Waals surface area contributed by atoms with Gasteiger partial charge in [-0.25, -0.2) is 4.79 Å². The molecule has 154 valence electrons. The summed E-state index contributed by atoms with van der Waals surface area (Å²) >= 11 is 0. The van der Waals surface area contributed by atoms with E-state index in [2.05, 4.69) is 0 Å². The summed E-state index contributed by atoms with van der Waals surface area (Å²) in [5.41, 5.74) is 12.0. The average molecular weight is 400 g/mol. The Kier molecular flexibility index (Phi) is 6.81. The molecular weight excluding hydrogens is 377 g/mol. The van der Waals surface area contributed by atoms with Gasteiger partial charge in [0.2, 0.25) is 0 Å². The number of nitrogens with two attached hydrogens (primary N) is 2. The number of halogens is 3. The highest BCUT2D eigenvalue weighted by Crippen LogP contribution is 2.30. The van der Waals surface area contributed by atoms with Crippen LogP contribution in [0.1, 0.15) is 36.7 Å². The van der Waals surface area contributed by atoms with Crippen molar-refractivity contribution in [3.63, 3.8) is 0 Å². The Hall–Kier alpha value is -2.65. The van der Waals surface area contributed by atoms with Crippen LogP contribution in [0.5, 0.6) is 0 Å². The molecule has 2 atom stereocenters. The van der Waals surface area contributed by atoms with E-state index in [0.29, 0.717) is 5.56 Å². The Morgan fingerprint density at radius 3 is 2.11 bits per heavy atom. The van der Waals surface area contributed by atoms with Crippen molar-refractivity contribution in [3.8, 4) is 0 Å². The van der Waals surface area contributed by atoms with Crippen molar-refractivity contribution < 1.29 is 33.0 Å². The molecule has 0 saturated heterocycles. The minimum atomic E-state index is -5.08. The van der Waals surface area contributed by atoms with Gasteiger partial charge in [0.15, 0.2) is 5.78 Å². The predicted octanol–water partition coefficient (Wildman–Crippen LogP) is 2.84. The lowest BCUT2D eigenvalue weighted by Crippen LogP contribution is -2.60. The molecule has 6 N–H and O–H groups in total. The number of rotatable bonds is 2. The molecule has 0 fully saturated rings. The first-order valence-corrected chi connectivity index (χ1v) is 8.19. The number of alkyl halides is 3. The molecule has 1 aromatic rings. The van der Waals surface area contributed by atoms with Gasteiger partial charge in [0.1, 0.15) is 11.3 Å². The number of aliphatic carboxylic acids is 1. The maximum absolute atomic E-state index is 13.0. The maximum atomic E-state index is 13.0. The second-order valence-electron chi connectivity index (χ2n) is 7.31. The lowest BCUT2D eigenvalue weighted by Gasteiger charge is -2.33. The van der Waals surface area contributed by atoms with Crippen LogP contribution in [0, 0.1) is 0 Å². The maximum Gasteiger partial charge on any atom is 0.490 e. The van der Waals surface area contributed by atoms with Crippen molar-refractivity contribution in [1.29, 1.82) is 0 Å². The number of carbonyl (C=O) groups is 2. The van der Waals surface area contributed by atoms with E-state index in [1.807, 2.05) is 32.9 Å². The van der Waals surface area contributed by atoms with Crippen molar-refractivity contribution >= 4 is 11.8 Å². The van der Waals surface area contributed by atoms with E-state index in [1.54, 1.807) is 18.2 Å². The first-order valence-electron chi connectivity index (χ1n) is 8.19. The normalized spacial score (nSPS) is 22.0. The third-order valence-corrected chi connectivity index (χ3v) is 4.03. The van der Waals surface area contributed by atoms with Gasteiger partial charge >= 0.3 is 12.1 Å². The molecule has 9 heteroatoms. The number of aliphatic hydroxyl groups is 1. The number of carboxylic acids is 1. The van der Waals surface area contributed by atoms with Gasteiger partial charge in [-0.2, -0.15) is 13.2 Å². The van der Waals surface area contributed by atoms with Crippen LogP contribution in [0.25, 0.3) is 0 Å². The Bertz CT molecular complexity index is 810. The first-order chi connectivity index (χ1) is 12.6. The zero-order chi connectivity index (χ0) is 21.9. The number of Topliss-reactive ketones (excluding diaryl/α,β-unsaturated/α-hetero) is 1. The molecule has 2 rings (SSSR count). The Morgan fingerprint density at radius 1 is 1.14 bits per heavy atom. The van der Waals surface area contributed by atoms with Crippen LogP contribution in [-0.4, -0.2) is 39.7 Å². The fraction of sp³-hybridized carbons (Fsp3) is 0.368. The smallest absolute Gasteiger partial charge is 0.490 e. The highest BCUT2D eigenvalue weighted by molar-refractivity contribution is 6.07. The molecule has 0 aromatic heterocycles. The standard InChI is InChI=1S/C17H22N2O2.C2HF3O2/c1-16(2,3)13-7-5-4-6-12(13)15(21)17(19)10-11(20)8-9-14(17)18;3-2(4,5)1(6)7/h4-10,14,20H,18-19H2,1-3H3;(H,6,7). The van der Waals surface area contributed by atoms with Crippen LogP contribution in [0.4, 0.5) is 13.2 Å². The van der Waals surface area contributed by atoms with Gasteiger partial charge in [0.25, 0.3) is 0 Å². The number of hydrogen-bond acceptors (Lipinski definition) is 5. The molecule has 0 spiro atoms. The predicted molar refractivity (Wildman–Crippen MR) is 97.9 cm³/mol. The van der Waals surface area contributed by atoms with Crippen molar-refractivity contribution in [1.82, 2.24) is 0 Å². The van der Waals surface area contributed by atoms with Crippen LogP contribution in [0.15, 0.2) is 48.3 Å². The molecule has 0 amide bonds. The van der Waals surface area contributed by atoms with Crippen LogP contribution in [0.3, 0.4) is 0 Å². The minimum absolute atomic E-state index is 0.0409. The van der Waals surface area contributed by atoms with E-state index in [-0.39, 0.29) is 17.0 Å². The first kappa shape index (κ1) is 23.4. The summed E-state index contributed by atoms with van der Waals surface area (Å²) in [4.78, 5) is 21.8. The molecule has 1 aromatic carbocycles. The lowest BCUT2D eigenvalue weighted by atomic mass is 9.75. The molecular formula is C19H23F3N2O4. The fourth-order valence-corrected chi connectivity index (χ4v) is 2.54. The van der Waals surface area contributed by atoms with E-state index in [4.69, 9.17) is 21.4 Å². The summed E-state index contributed by atoms with van der Waals surface area (Å²) in [6, 6.07) is 6.71. The number of aliphatic hydroxyl groups excluding tert-OH is 1. The largest absolute Gasteiger partial charge is 0.508 e. The Balaban J connectivity index is 0.000000480. The number of hydrogen-bond donors (Lipinski definition) is 4. The third kappa shape index (κ3) is 5.43. The summed E-state index contributed by atoms with van der Waals surface area (Å²) < 4.78 is 31.7. The van der Waals surface area contributed by atoms with E-state index in [9.17, 15) is 23.1 Å². The third-order valence-electron chi connectivity index (χ3n) is 4.03. The number of ketones is 1. The molecule has 0 aliphatic heterocycles. The summed E-state index contributed by atoms with van der Waals surface area (Å²) in [5, 5.41) is 16.8. The highest BCUT2D eigenvalue weighted by atomic mass is 19.4. The summed E-state index contributed by atoms with van der Waals surface area (Å²) in [6.07, 6.45) is -0.745. The van der Waals surface area contributed by atoms with Gasteiger partial charge in [0, 0.05) is 5.56 Å². The van der Waals surface area contributed by atoms with Crippen molar-refractivity contribution in [2.24, 2.45) is 11.5 Å². The summed E-state index contributed by atoms with van der Waals surface area (Å²) in [5.74, 6) is -3.08. The second-order valence-corrected chi connectivity index (χ2v) is 7.31. The van der Waals surface area contributed by atoms with E-state index in [1.165, 1.54) is 12.2 Å². The summed E-state index contributed by atoms with van der Waals surface area (Å²) in [7, 11) is 0. The van der Waals surface area contributed by atoms with Crippen molar-refractivity contribution in [3.05, 3.63) is 59.4 Å². The Labute approximate surface area is 160 Å². The van der Waals surface area contributed by atoms with Crippen LogP contribution < -0.4 is 11.5 Å². The van der Waals surface area contributed by atoms with Gasteiger partial charge in [0.05, 0.1) is 6.04 Å². The van der Waals surface area contributed by atoms with Crippen LogP contribution >= 0.6 is 0 Å². The molecule has 0 saturated carbocycles. The van der Waals surface area contributed by atoms with Gasteiger partial charge in [-0.1, -0.05) is 51.1 Å². The quantitative estimate of drug-likeness (QED) is 0.566. The van der Waals surface area contributed by atoms with E-state index in [0.717, 1.165) is 5.56 Å². The lowest BCUT2D eigenvalue weighted by molar-refractivity contribution is -0.192. The fourth-order valence-electron chi connectivity index (χ4n) is 2.54. The van der Waals surface area contributed by atoms with Gasteiger partial charge in [-0.05, 0) is 23.1 Å². The number of allylic oxidation sites excluding steroid dienone is 1. The van der Waals surface area contributed by atoms with Gasteiger partial charge < -0.3 is 21.7 Å². The van der Waals surface area contributed by atoms with Crippen molar-refractivity contribution in [2.75, 3.05) is 0 Å². The molecule has 0 bridgehead atoms. The number of benzene rings is 1. The van der Waals surface area contributed by atoms with Gasteiger partial charge in [-0.15, -0.1) is 0 Å². The highest BCUT2D eigenvalue weighted by Gasteiger charge is 2.41. The zero-order valence-corrected chi connectivity index (χ0v) is 15.6. The van der Waals surface area contributed by atoms with E-state index < -0.39 is 23.7 Å². The van der Waals surface area contributed by atoms with Crippen molar-refractivity contribution in [2.45, 2.75) is 43.9 Å². The van der Waals surface area contributed by atoms with Crippen LogP contribution in [-0.2, 0) is 10.2 Å². The molecule has 0 radical (unpaired) electrons. The topological polar surface area (TPSA) is 127 Å². The summed E-state index contributed by atoms with van der Waals surface area (Å²) in [6.45, 7) is 6.11. The van der Waals surface area contributed by atoms with Crippen LogP contribution in [0.2, 0.25) is 0 Å².